The van der Waals surface area contributed by atoms with E-state index in [0.717, 1.165) is 48.2 Å². The minimum absolute atomic E-state index is 0.218. The van der Waals surface area contributed by atoms with Crippen molar-refractivity contribution in [1.82, 2.24) is 4.31 Å². The van der Waals surface area contributed by atoms with Gasteiger partial charge in [0.2, 0.25) is 10.0 Å². The quantitative estimate of drug-likeness (QED) is 0.355. The number of hydrogen-bond acceptors (Lipinski definition) is 5. The number of fused-ring (bicyclic) bond motifs is 1. The average Bonchev–Trinajstić information content (AvgIpc) is 2.78. The summed E-state index contributed by atoms with van der Waals surface area (Å²) in [6.45, 7) is 7.40. The lowest BCUT2D eigenvalue weighted by atomic mass is 9.59. The average molecular weight is 400 g/mol. The number of sulfonamides is 1. The highest BCUT2D eigenvalue weighted by Gasteiger charge is 2.69. The van der Waals surface area contributed by atoms with Crippen LogP contribution in [0.15, 0.2) is 11.3 Å². The predicted molar refractivity (Wildman–Crippen MR) is 104 cm³/mol. The second-order valence-corrected chi connectivity index (χ2v) is 10.8. The Bertz CT molecular complexity index is 747. The zero-order valence-electron chi connectivity index (χ0n) is 17.4. The summed E-state index contributed by atoms with van der Waals surface area (Å²) in [5.41, 5.74) is -0.908. The van der Waals surface area contributed by atoms with Gasteiger partial charge in [0.25, 0.3) is 0 Å². The summed E-state index contributed by atoms with van der Waals surface area (Å²) in [6.07, 6.45) is 6.90. The van der Waals surface area contributed by atoms with Crippen LogP contribution in [0.2, 0.25) is 0 Å². The van der Waals surface area contributed by atoms with Gasteiger partial charge in [0, 0.05) is 19.4 Å². The fraction of sp³-hybridized carbons (Fsp3) is 0.800. The Hall–Kier alpha value is -1.37. The SMILES string of the molecule is CCCCCCC1=C(N(C)S(C)(=O)=O)[C@@]2(C(=O)OC(C)(C)C)C(=O)CCC12. The number of esters is 1. The smallest absolute Gasteiger partial charge is 0.326 e. The van der Waals surface area contributed by atoms with E-state index in [1.165, 1.54) is 7.05 Å². The Kier molecular flexibility index (Phi) is 6.15. The van der Waals surface area contributed by atoms with Crippen molar-refractivity contribution < 1.29 is 22.7 Å². The minimum atomic E-state index is -3.59. The van der Waals surface area contributed by atoms with E-state index in [2.05, 4.69) is 6.92 Å². The van der Waals surface area contributed by atoms with Crippen molar-refractivity contribution in [2.75, 3.05) is 13.3 Å². The first kappa shape index (κ1) is 21.9. The highest BCUT2D eigenvalue weighted by molar-refractivity contribution is 7.88. The first-order chi connectivity index (χ1) is 12.4. The van der Waals surface area contributed by atoms with Crippen LogP contribution in [0.3, 0.4) is 0 Å². The van der Waals surface area contributed by atoms with E-state index in [0.29, 0.717) is 12.1 Å². The fourth-order valence-corrected chi connectivity index (χ4v) is 4.91. The van der Waals surface area contributed by atoms with Crippen molar-refractivity contribution >= 4 is 21.8 Å². The van der Waals surface area contributed by atoms with E-state index < -0.39 is 27.0 Å². The van der Waals surface area contributed by atoms with Crippen LogP contribution in [0.5, 0.6) is 0 Å². The molecule has 1 fully saturated rings. The molecular formula is C20H33NO5S. The van der Waals surface area contributed by atoms with Gasteiger partial charge in [-0.05, 0) is 45.6 Å². The maximum Gasteiger partial charge on any atom is 0.326 e. The number of rotatable bonds is 8. The third kappa shape index (κ3) is 3.93. The van der Waals surface area contributed by atoms with E-state index in [4.69, 9.17) is 4.74 Å². The molecule has 0 amide bonds. The van der Waals surface area contributed by atoms with Gasteiger partial charge >= 0.3 is 5.97 Å². The number of allylic oxidation sites excluding steroid dienone is 1. The maximum atomic E-state index is 13.1. The van der Waals surface area contributed by atoms with Crippen LogP contribution in [0.1, 0.15) is 72.6 Å². The lowest BCUT2D eigenvalue weighted by molar-refractivity contribution is -0.171. The highest BCUT2D eigenvalue weighted by Crippen LogP contribution is 2.62. The molecule has 2 aliphatic carbocycles. The summed E-state index contributed by atoms with van der Waals surface area (Å²) in [7, 11) is -2.16. The molecule has 27 heavy (non-hydrogen) atoms. The van der Waals surface area contributed by atoms with Crippen molar-refractivity contribution in [3.63, 3.8) is 0 Å². The number of carbonyl (C=O) groups excluding carboxylic acids is 2. The lowest BCUT2D eigenvalue weighted by Gasteiger charge is -2.49. The largest absolute Gasteiger partial charge is 0.459 e. The molecule has 0 N–H and O–H groups in total. The first-order valence-electron chi connectivity index (χ1n) is 9.81. The molecule has 1 unspecified atom stereocenters. The molecule has 0 saturated heterocycles. The molecule has 0 heterocycles. The summed E-state index contributed by atoms with van der Waals surface area (Å²) >= 11 is 0. The van der Waals surface area contributed by atoms with E-state index in [1.54, 1.807) is 20.8 Å². The molecule has 2 rings (SSSR count). The first-order valence-corrected chi connectivity index (χ1v) is 11.7. The van der Waals surface area contributed by atoms with Gasteiger partial charge in [-0.1, -0.05) is 26.2 Å². The molecule has 0 radical (unpaired) electrons. The van der Waals surface area contributed by atoms with Gasteiger partial charge < -0.3 is 4.74 Å². The van der Waals surface area contributed by atoms with Crippen molar-refractivity contribution in [2.24, 2.45) is 11.3 Å². The number of ether oxygens (including phenoxy) is 1. The summed E-state index contributed by atoms with van der Waals surface area (Å²) in [6, 6.07) is 0. The van der Waals surface area contributed by atoms with Gasteiger partial charge in [0.1, 0.15) is 5.60 Å². The normalized spacial score (nSPS) is 25.3. The third-order valence-electron chi connectivity index (χ3n) is 5.55. The molecule has 6 nitrogen and oxygen atoms in total. The molecule has 7 heteroatoms. The van der Waals surface area contributed by atoms with Gasteiger partial charge in [-0.3, -0.25) is 13.9 Å². The molecular weight excluding hydrogens is 366 g/mol. The zero-order chi connectivity index (χ0) is 20.6. The van der Waals surface area contributed by atoms with E-state index in [1.807, 2.05) is 0 Å². The van der Waals surface area contributed by atoms with Crippen LogP contribution in [0.25, 0.3) is 0 Å². The van der Waals surface area contributed by atoms with Crippen LogP contribution < -0.4 is 0 Å². The zero-order valence-corrected chi connectivity index (χ0v) is 18.2. The minimum Gasteiger partial charge on any atom is -0.459 e. The van der Waals surface area contributed by atoms with Crippen LogP contribution >= 0.6 is 0 Å². The Balaban J connectivity index is 2.48. The highest BCUT2D eigenvalue weighted by atomic mass is 32.2. The second kappa shape index (κ2) is 7.57. The van der Waals surface area contributed by atoms with Crippen molar-refractivity contribution in [1.29, 1.82) is 0 Å². The monoisotopic (exact) mass is 399 g/mol. The summed E-state index contributed by atoms with van der Waals surface area (Å²) < 4.78 is 31.2. The van der Waals surface area contributed by atoms with E-state index >= 15 is 0 Å². The molecule has 0 aliphatic heterocycles. The summed E-state index contributed by atoms with van der Waals surface area (Å²) in [4.78, 5) is 26.0. The van der Waals surface area contributed by atoms with Crippen LogP contribution in [-0.2, 0) is 24.3 Å². The van der Waals surface area contributed by atoms with E-state index in [-0.39, 0.29) is 18.1 Å². The molecule has 1 saturated carbocycles. The molecule has 0 spiro atoms. The standard InChI is InChI=1S/C20H33NO5S/c1-7-8-9-10-11-14-15-12-13-16(22)20(15,18(23)26-19(2,3)4)17(14)21(5)27(6,24)25/h15H,7-13H2,1-6H3/t15?,20-/m0/s1. The van der Waals surface area contributed by atoms with Gasteiger partial charge in [-0.2, -0.15) is 0 Å². The second-order valence-electron chi connectivity index (χ2n) is 8.74. The lowest BCUT2D eigenvalue weighted by Crippen LogP contribution is -2.57. The molecule has 0 bridgehead atoms. The fourth-order valence-electron chi connectivity index (χ4n) is 4.32. The summed E-state index contributed by atoms with van der Waals surface area (Å²) in [5.74, 6) is -1.06. The maximum absolute atomic E-state index is 13.1. The molecule has 0 aromatic rings. The van der Waals surface area contributed by atoms with Gasteiger partial charge in [0.15, 0.2) is 11.2 Å². The molecule has 2 aliphatic rings. The molecule has 0 aromatic heterocycles. The number of unbranched alkanes of at least 4 members (excludes halogenated alkanes) is 3. The number of hydrogen-bond donors (Lipinski definition) is 0. The van der Waals surface area contributed by atoms with Crippen molar-refractivity contribution in [3.05, 3.63) is 11.3 Å². The van der Waals surface area contributed by atoms with Crippen LogP contribution in [0.4, 0.5) is 0 Å². The van der Waals surface area contributed by atoms with E-state index in [9.17, 15) is 18.0 Å². The Morgan fingerprint density at radius 3 is 2.41 bits per heavy atom. The Labute approximate surface area is 163 Å². The predicted octanol–water partition coefficient (Wildman–Crippen LogP) is 3.42. The van der Waals surface area contributed by atoms with Gasteiger partial charge in [0.05, 0.1) is 12.0 Å². The number of nitrogens with zero attached hydrogens (tertiary/aromatic N) is 1. The van der Waals surface area contributed by atoms with Crippen LogP contribution in [-0.4, -0.2) is 43.4 Å². The Morgan fingerprint density at radius 2 is 1.89 bits per heavy atom. The topological polar surface area (TPSA) is 80.8 Å². The number of ketones is 1. The number of Topliss-reactive ketones (excluding diaryl/α,β-unsaturated/α-hetero) is 1. The van der Waals surface area contributed by atoms with Crippen molar-refractivity contribution in [3.8, 4) is 0 Å². The number of carbonyl (C=O) groups is 2. The van der Waals surface area contributed by atoms with Crippen molar-refractivity contribution in [2.45, 2.75) is 78.2 Å². The van der Waals surface area contributed by atoms with Gasteiger partial charge in [-0.25, -0.2) is 8.42 Å². The molecule has 154 valence electrons. The molecule has 2 atom stereocenters. The summed E-state index contributed by atoms with van der Waals surface area (Å²) in [5, 5.41) is 0. The third-order valence-corrected chi connectivity index (χ3v) is 6.73. The van der Waals surface area contributed by atoms with Crippen LogP contribution in [0, 0.1) is 11.3 Å². The molecule has 0 aromatic carbocycles. The van der Waals surface area contributed by atoms with Gasteiger partial charge in [-0.15, -0.1) is 0 Å². The Morgan fingerprint density at radius 1 is 1.26 bits per heavy atom.